The number of rotatable bonds is 7. The molecule has 0 spiro atoms. The predicted octanol–water partition coefficient (Wildman–Crippen LogP) is 3.15. The zero-order valence-corrected chi connectivity index (χ0v) is 33.3. The van der Waals surface area contributed by atoms with Gasteiger partial charge in [-0.1, -0.05) is 98.8 Å². The number of hydroxylamine groups is 2. The molecule has 0 saturated carbocycles. The topological polar surface area (TPSA) is 218 Å². The van der Waals surface area contributed by atoms with E-state index in [2.05, 4.69) is 10.6 Å². The van der Waals surface area contributed by atoms with Crippen molar-refractivity contribution in [2.24, 2.45) is 35.5 Å². The van der Waals surface area contributed by atoms with Gasteiger partial charge < -0.3 is 25.5 Å². The minimum absolute atomic E-state index is 0.0515. The number of carbonyl (C=O) groups excluding carboxylic acids is 6. The maximum atomic E-state index is 12.9. The van der Waals surface area contributed by atoms with Crippen LogP contribution in [0.2, 0.25) is 0 Å². The third-order valence-corrected chi connectivity index (χ3v) is 10.7. The van der Waals surface area contributed by atoms with Crippen molar-refractivity contribution in [1.82, 2.24) is 31.4 Å². The molecule has 306 valence electrons. The van der Waals surface area contributed by atoms with Gasteiger partial charge in [-0.25, -0.2) is 11.0 Å². The van der Waals surface area contributed by atoms with Crippen molar-refractivity contribution in [1.29, 1.82) is 0 Å². The summed E-state index contributed by atoms with van der Waals surface area (Å²) in [5.74, 6) is -5.58. The summed E-state index contributed by atoms with van der Waals surface area (Å²) < 4.78 is 0. The maximum absolute atomic E-state index is 12.9. The van der Waals surface area contributed by atoms with Gasteiger partial charge in [0.2, 0.25) is 35.4 Å². The second-order valence-electron chi connectivity index (χ2n) is 15.5. The van der Waals surface area contributed by atoms with Gasteiger partial charge in [0.05, 0.1) is 18.4 Å². The number of aliphatic hydroxyl groups is 1. The molecule has 0 aromatic rings. The lowest BCUT2D eigenvalue weighted by Crippen LogP contribution is -2.53. The Labute approximate surface area is 316 Å². The molecule has 2 fully saturated rings. The van der Waals surface area contributed by atoms with Gasteiger partial charge in [0.1, 0.15) is 12.1 Å². The minimum Gasteiger partial charge on any atom is -0.396 e. The molecule has 2 rings (SSSR count). The molecule has 2 aliphatic rings. The van der Waals surface area contributed by atoms with Crippen LogP contribution in [0.4, 0.5) is 0 Å². The van der Waals surface area contributed by atoms with Crippen LogP contribution in [0.5, 0.6) is 0 Å². The number of amides is 6. The Morgan fingerprint density at radius 1 is 0.623 bits per heavy atom. The molecular formula is C38H70N6O9. The summed E-state index contributed by atoms with van der Waals surface area (Å²) in [5, 5.41) is 33.1. The van der Waals surface area contributed by atoms with Crippen molar-refractivity contribution < 1.29 is 44.3 Å². The number of hydrogen-bond donors (Lipinski definition) is 7. The van der Waals surface area contributed by atoms with Gasteiger partial charge in [0.25, 0.3) is 0 Å². The molecule has 2 aliphatic heterocycles. The monoisotopic (exact) mass is 755 g/mol. The Kier molecular flexibility index (Phi) is 23.1. The van der Waals surface area contributed by atoms with Gasteiger partial charge in [-0.15, -0.1) is 0 Å². The van der Waals surface area contributed by atoms with E-state index >= 15 is 0 Å². The fourth-order valence-electron chi connectivity index (χ4n) is 6.97. The van der Waals surface area contributed by atoms with Gasteiger partial charge in [-0.05, 0) is 37.5 Å². The first kappa shape index (κ1) is 47.7. The molecule has 6 unspecified atom stereocenters. The molecule has 15 heteroatoms. The summed E-state index contributed by atoms with van der Waals surface area (Å²) in [6.45, 7) is 9.94. The standard InChI is InChI=1S/C19H35N3O5.C19H35N3O4/c1-13(2)16-19(26)22(3)11-9-7-5-4-6-8-10-14(17(24)20-16)15(12-23)18(25)21-27;1-13(2)16-19(25)22(4)12-10-8-6-5-7-9-11-15(18(24)20-16)14(3)17(23)21-26/h13-16,23,27H,4-12H2,1-3H3,(H,20,24)(H,21,25);13-16,26H,5-12H2,1-4H3,(H,20,24)(H,21,23). The molecule has 7 N–H and O–H groups in total. The lowest BCUT2D eigenvalue weighted by molar-refractivity contribution is -0.144. The highest BCUT2D eigenvalue weighted by Crippen LogP contribution is 2.24. The fourth-order valence-corrected chi connectivity index (χ4v) is 6.97. The van der Waals surface area contributed by atoms with E-state index in [1.54, 1.807) is 36.3 Å². The van der Waals surface area contributed by atoms with Crippen molar-refractivity contribution in [3.63, 3.8) is 0 Å². The van der Waals surface area contributed by atoms with Gasteiger partial charge >= 0.3 is 0 Å². The molecule has 0 aromatic carbocycles. The summed E-state index contributed by atoms with van der Waals surface area (Å²) in [7, 11) is 3.51. The normalized spacial score (nSPS) is 25.1. The number of carbonyl (C=O) groups is 6. The summed E-state index contributed by atoms with van der Waals surface area (Å²) in [6, 6.07) is -1.30. The fraction of sp³-hybridized carbons (Fsp3) is 0.842. The second kappa shape index (κ2) is 25.7. The predicted molar refractivity (Wildman–Crippen MR) is 200 cm³/mol. The highest BCUT2D eigenvalue weighted by molar-refractivity contribution is 5.92. The quantitative estimate of drug-likeness (QED) is 0.150. The number of likely N-dealkylation sites (N-methyl/N-ethyl adjacent to an activating group) is 2. The zero-order valence-electron chi connectivity index (χ0n) is 33.3. The average molecular weight is 755 g/mol. The Balaban J connectivity index is 0.000000530. The highest BCUT2D eigenvalue weighted by atomic mass is 16.5. The summed E-state index contributed by atoms with van der Waals surface area (Å²) in [4.78, 5) is 78.4. The first-order chi connectivity index (χ1) is 25.1. The van der Waals surface area contributed by atoms with Crippen molar-refractivity contribution in [2.75, 3.05) is 33.8 Å². The number of nitrogens with zero attached hydrogens (tertiary/aromatic N) is 2. The molecule has 6 atom stereocenters. The summed E-state index contributed by atoms with van der Waals surface area (Å²) in [6.07, 6.45) is 12.8. The summed E-state index contributed by atoms with van der Waals surface area (Å²) >= 11 is 0. The molecule has 0 aliphatic carbocycles. The average Bonchev–Trinajstić information content (AvgIpc) is 3.13. The number of hydrogen-bond acceptors (Lipinski definition) is 9. The highest BCUT2D eigenvalue weighted by Gasteiger charge is 2.37. The molecule has 0 bridgehead atoms. The SMILES string of the molecule is CC(C)C1NC(=O)C(C(C)C(=O)NO)CCCCCCCCN(C)C1=O.CC(C)C1NC(=O)C(C(CO)C(=O)NO)CCCCCCCCN(C)C1=O. The van der Waals surface area contributed by atoms with E-state index in [-0.39, 0.29) is 29.6 Å². The van der Waals surface area contributed by atoms with Crippen molar-refractivity contribution >= 4 is 35.4 Å². The second-order valence-corrected chi connectivity index (χ2v) is 15.5. The van der Waals surface area contributed by atoms with Crippen molar-refractivity contribution in [3.05, 3.63) is 0 Å². The van der Waals surface area contributed by atoms with E-state index in [4.69, 9.17) is 10.4 Å². The Bertz CT molecular complexity index is 1150. The van der Waals surface area contributed by atoms with Gasteiger partial charge in [0.15, 0.2) is 0 Å². The Hall–Kier alpha value is -3.30. The van der Waals surface area contributed by atoms with Crippen LogP contribution in [-0.4, -0.2) is 107 Å². The Morgan fingerprint density at radius 2 is 0.981 bits per heavy atom. The van der Waals surface area contributed by atoms with E-state index in [1.165, 1.54) is 5.48 Å². The van der Waals surface area contributed by atoms with Crippen LogP contribution in [0.3, 0.4) is 0 Å². The van der Waals surface area contributed by atoms with E-state index in [9.17, 15) is 33.9 Å². The largest absolute Gasteiger partial charge is 0.396 e. The van der Waals surface area contributed by atoms with Crippen LogP contribution < -0.4 is 21.6 Å². The number of aliphatic hydroxyl groups excluding tert-OH is 1. The molecular weight excluding hydrogens is 684 g/mol. The van der Waals surface area contributed by atoms with Crippen LogP contribution in [0, 0.1) is 35.5 Å². The first-order valence-electron chi connectivity index (χ1n) is 19.7. The van der Waals surface area contributed by atoms with Crippen molar-refractivity contribution in [2.45, 2.75) is 137 Å². The van der Waals surface area contributed by atoms with Crippen LogP contribution >= 0.6 is 0 Å². The van der Waals surface area contributed by atoms with E-state index in [1.807, 2.05) is 27.7 Å². The van der Waals surface area contributed by atoms with Crippen LogP contribution in [0.1, 0.15) is 125 Å². The molecule has 2 saturated heterocycles. The van der Waals surface area contributed by atoms with Crippen LogP contribution in [0.25, 0.3) is 0 Å². The lowest BCUT2D eigenvalue weighted by Gasteiger charge is -2.30. The van der Waals surface area contributed by atoms with Gasteiger partial charge in [-0.2, -0.15) is 0 Å². The molecule has 2 heterocycles. The van der Waals surface area contributed by atoms with Gasteiger partial charge in [-0.3, -0.25) is 39.2 Å². The molecule has 53 heavy (non-hydrogen) atoms. The first-order valence-corrected chi connectivity index (χ1v) is 19.7. The third kappa shape index (κ3) is 16.3. The minimum atomic E-state index is -1.05. The van der Waals surface area contributed by atoms with Crippen LogP contribution in [-0.2, 0) is 28.8 Å². The van der Waals surface area contributed by atoms with E-state index in [0.29, 0.717) is 25.9 Å². The van der Waals surface area contributed by atoms with Crippen molar-refractivity contribution in [3.8, 4) is 0 Å². The smallest absolute Gasteiger partial charge is 0.249 e. The third-order valence-electron chi connectivity index (χ3n) is 10.7. The molecule has 0 aromatic heterocycles. The molecule has 0 radical (unpaired) electrons. The molecule has 15 nitrogen and oxygen atoms in total. The summed E-state index contributed by atoms with van der Waals surface area (Å²) in [5.41, 5.74) is 3.18. The van der Waals surface area contributed by atoms with E-state index in [0.717, 1.165) is 77.0 Å². The maximum Gasteiger partial charge on any atom is 0.249 e. The zero-order chi connectivity index (χ0) is 40.1. The van der Waals surface area contributed by atoms with Crippen LogP contribution in [0.15, 0.2) is 0 Å². The van der Waals surface area contributed by atoms with Gasteiger partial charge in [0, 0.05) is 39.0 Å². The van der Waals surface area contributed by atoms with E-state index < -0.39 is 60.1 Å². The lowest BCUT2D eigenvalue weighted by atomic mass is 9.85. The molecule has 6 amide bonds. The number of nitrogens with one attached hydrogen (secondary N) is 4. The Morgan fingerprint density at radius 3 is 1.36 bits per heavy atom.